The Kier molecular flexibility index (Phi) is 5.52. The standard InChI is InChI=1S/C14H19BrFNS/c1-18-12-5-3-11(4-6-12)17-9-10-2-7-13(15)14(16)8-10/h2,7-8,11-12,17H,3-6,9H2,1H3. The van der Waals surface area contributed by atoms with Gasteiger partial charge in [-0.1, -0.05) is 6.07 Å². The summed E-state index contributed by atoms with van der Waals surface area (Å²) in [5.41, 5.74) is 1.02. The number of rotatable bonds is 4. The highest BCUT2D eigenvalue weighted by molar-refractivity contribution is 9.10. The van der Waals surface area contributed by atoms with Gasteiger partial charge in [0.15, 0.2) is 0 Å². The van der Waals surface area contributed by atoms with E-state index < -0.39 is 0 Å². The molecule has 0 aromatic heterocycles. The lowest BCUT2D eigenvalue weighted by molar-refractivity contribution is 0.378. The van der Waals surface area contributed by atoms with E-state index in [-0.39, 0.29) is 5.82 Å². The van der Waals surface area contributed by atoms with E-state index in [1.165, 1.54) is 25.7 Å². The summed E-state index contributed by atoms with van der Waals surface area (Å²) >= 11 is 5.16. The van der Waals surface area contributed by atoms with Crippen molar-refractivity contribution >= 4 is 27.7 Å². The Balaban J connectivity index is 1.79. The van der Waals surface area contributed by atoms with Crippen LogP contribution in [0, 0.1) is 5.82 Å². The number of thioether (sulfide) groups is 1. The van der Waals surface area contributed by atoms with Gasteiger partial charge in [-0.2, -0.15) is 11.8 Å². The van der Waals surface area contributed by atoms with Gasteiger partial charge in [-0.15, -0.1) is 0 Å². The van der Waals surface area contributed by atoms with Crippen LogP contribution in [0.15, 0.2) is 22.7 Å². The Morgan fingerprint density at radius 3 is 2.67 bits per heavy atom. The van der Waals surface area contributed by atoms with Crippen molar-refractivity contribution in [2.24, 2.45) is 0 Å². The van der Waals surface area contributed by atoms with Gasteiger partial charge in [-0.3, -0.25) is 0 Å². The molecule has 1 aromatic carbocycles. The average Bonchev–Trinajstić information content (AvgIpc) is 2.41. The van der Waals surface area contributed by atoms with Crippen LogP contribution >= 0.6 is 27.7 Å². The van der Waals surface area contributed by atoms with Crippen LogP contribution in [-0.2, 0) is 6.54 Å². The highest BCUT2D eigenvalue weighted by Crippen LogP contribution is 2.27. The molecule has 1 saturated carbocycles. The van der Waals surface area contributed by atoms with Crippen LogP contribution in [0.1, 0.15) is 31.2 Å². The summed E-state index contributed by atoms with van der Waals surface area (Å²) in [6, 6.07) is 5.94. The molecule has 4 heteroatoms. The van der Waals surface area contributed by atoms with Gasteiger partial charge in [-0.05, 0) is 65.6 Å². The van der Waals surface area contributed by atoms with Crippen molar-refractivity contribution in [3.05, 3.63) is 34.1 Å². The highest BCUT2D eigenvalue weighted by Gasteiger charge is 2.19. The van der Waals surface area contributed by atoms with E-state index in [1.807, 2.05) is 17.8 Å². The average molecular weight is 332 g/mol. The number of nitrogens with one attached hydrogen (secondary N) is 1. The molecule has 0 spiro atoms. The second-order valence-electron chi connectivity index (χ2n) is 4.84. The van der Waals surface area contributed by atoms with Crippen molar-refractivity contribution < 1.29 is 4.39 Å². The van der Waals surface area contributed by atoms with Crippen LogP contribution in [0.3, 0.4) is 0 Å². The van der Waals surface area contributed by atoms with E-state index >= 15 is 0 Å². The molecule has 100 valence electrons. The molecule has 0 unspecified atom stereocenters. The van der Waals surface area contributed by atoms with E-state index in [1.54, 1.807) is 12.1 Å². The zero-order valence-corrected chi connectivity index (χ0v) is 13.0. The van der Waals surface area contributed by atoms with E-state index in [4.69, 9.17) is 0 Å². The molecule has 1 nitrogen and oxygen atoms in total. The van der Waals surface area contributed by atoms with Crippen LogP contribution in [0.25, 0.3) is 0 Å². The first-order valence-corrected chi connectivity index (χ1v) is 8.47. The summed E-state index contributed by atoms with van der Waals surface area (Å²) in [5.74, 6) is -0.180. The lowest BCUT2D eigenvalue weighted by atomic mass is 9.95. The molecule has 18 heavy (non-hydrogen) atoms. The maximum absolute atomic E-state index is 13.4. The quantitative estimate of drug-likeness (QED) is 0.880. The molecular formula is C14H19BrFNS. The molecule has 1 aliphatic rings. The van der Waals surface area contributed by atoms with E-state index in [2.05, 4.69) is 27.5 Å². The third kappa shape index (κ3) is 3.97. The second-order valence-corrected chi connectivity index (χ2v) is 6.83. The highest BCUT2D eigenvalue weighted by atomic mass is 79.9. The molecule has 0 aliphatic heterocycles. The van der Waals surface area contributed by atoms with Crippen LogP contribution in [0.2, 0.25) is 0 Å². The monoisotopic (exact) mass is 331 g/mol. The predicted octanol–water partition coefficient (Wildman–Crippen LogP) is 4.35. The summed E-state index contributed by atoms with van der Waals surface area (Å²) in [5, 5.41) is 4.38. The van der Waals surface area contributed by atoms with Gasteiger partial charge in [0.05, 0.1) is 4.47 Å². The van der Waals surface area contributed by atoms with Gasteiger partial charge in [0, 0.05) is 17.8 Å². The topological polar surface area (TPSA) is 12.0 Å². The summed E-state index contributed by atoms with van der Waals surface area (Å²) in [4.78, 5) is 0. The van der Waals surface area contributed by atoms with Gasteiger partial charge in [0.2, 0.25) is 0 Å². The molecular weight excluding hydrogens is 313 g/mol. The fourth-order valence-electron chi connectivity index (χ4n) is 2.41. The molecule has 0 amide bonds. The molecule has 0 saturated heterocycles. The lowest BCUT2D eigenvalue weighted by Gasteiger charge is -2.28. The van der Waals surface area contributed by atoms with E-state index in [9.17, 15) is 4.39 Å². The molecule has 2 rings (SSSR count). The van der Waals surface area contributed by atoms with Gasteiger partial charge < -0.3 is 5.32 Å². The van der Waals surface area contributed by atoms with Crippen molar-refractivity contribution in [2.45, 2.75) is 43.5 Å². The van der Waals surface area contributed by atoms with Gasteiger partial charge >= 0.3 is 0 Å². The fourth-order valence-corrected chi connectivity index (χ4v) is 3.40. The molecule has 0 heterocycles. The van der Waals surface area contributed by atoms with Crippen molar-refractivity contribution in [3.63, 3.8) is 0 Å². The lowest BCUT2D eigenvalue weighted by Crippen LogP contribution is -2.33. The molecule has 0 radical (unpaired) electrons. The van der Waals surface area contributed by atoms with Gasteiger partial charge in [0.25, 0.3) is 0 Å². The molecule has 0 bridgehead atoms. The second kappa shape index (κ2) is 6.92. The van der Waals surface area contributed by atoms with Crippen molar-refractivity contribution in [1.29, 1.82) is 0 Å². The number of hydrogen-bond acceptors (Lipinski definition) is 2. The largest absolute Gasteiger partial charge is 0.310 e. The van der Waals surface area contributed by atoms with Crippen molar-refractivity contribution in [2.75, 3.05) is 6.26 Å². The maximum atomic E-state index is 13.4. The fraction of sp³-hybridized carbons (Fsp3) is 0.571. The normalized spacial score (nSPS) is 24.2. The Labute approximate surface area is 121 Å². The first-order chi connectivity index (χ1) is 8.69. The number of hydrogen-bond donors (Lipinski definition) is 1. The van der Waals surface area contributed by atoms with Gasteiger partial charge in [0.1, 0.15) is 5.82 Å². The van der Waals surface area contributed by atoms with E-state index in [0.717, 1.165) is 17.4 Å². The summed E-state index contributed by atoms with van der Waals surface area (Å²) in [7, 11) is 0. The van der Waals surface area contributed by atoms with Crippen molar-refractivity contribution in [1.82, 2.24) is 5.32 Å². The van der Waals surface area contributed by atoms with Crippen molar-refractivity contribution in [3.8, 4) is 0 Å². The van der Waals surface area contributed by atoms with Crippen LogP contribution < -0.4 is 5.32 Å². The minimum absolute atomic E-state index is 0.180. The Bertz CT molecular complexity index is 391. The molecule has 1 N–H and O–H groups in total. The predicted molar refractivity (Wildman–Crippen MR) is 80.5 cm³/mol. The van der Waals surface area contributed by atoms with Crippen LogP contribution in [0.4, 0.5) is 4.39 Å². The van der Waals surface area contributed by atoms with Crippen LogP contribution in [-0.4, -0.2) is 17.5 Å². The third-order valence-corrected chi connectivity index (χ3v) is 5.37. The number of halogens is 2. The Morgan fingerprint density at radius 2 is 2.06 bits per heavy atom. The summed E-state index contributed by atoms with van der Waals surface area (Å²) < 4.78 is 13.9. The number of benzene rings is 1. The molecule has 1 aromatic rings. The zero-order valence-electron chi connectivity index (χ0n) is 10.6. The third-order valence-electron chi connectivity index (χ3n) is 3.59. The van der Waals surface area contributed by atoms with Crippen LogP contribution in [0.5, 0.6) is 0 Å². The first-order valence-electron chi connectivity index (χ1n) is 6.39. The molecule has 1 fully saturated rings. The maximum Gasteiger partial charge on any atom is 0.137 e. The first kappa shape index (κ1) is 14.4. The summed E-state index contributed by atoms with van der Waals surface area (Å²) in [6.07, 6.45) is 7.28. The minimum atomic E-state index is -0.180. The smallest absolute Gasteiger partial charge is 0.137 e. The van der Waals surface area contributed by atoms with E-state index in [0.29, 0.717) is 10.5 Å². The minimum Gasteiger partial charge on any atom is -0.310 e. The SMILES string of the molecule is CSC1CCC(NCc2ccc(Br)c(F)c2)CC1. The Hall–Kier alpha value is -0.0600. The Morgan fingerprint density at radius 1 is 1.33 bits per heavy atom. The molecule has 1 aliphatic carbocycles. The van der Waals surface area contributed by atoms with Gasteiger partial charge in [-0.25, -0.2) is 4.39 Å². The summed E-state index contributed by atoms with van der Waals surface area (Å²) in [6.45, 7) is 0.763. The zero-order chi connectivity index (χ0) is 13.0. The molecule has 0 atom stereocenters.